The number of nitrogens with zero attached hydrogens (tertiary/aromatic N) is 3. The highest BCUT2D eigenvalue weighted by molar-refractivity contribution is 6.48. The number of rotatable bonds is 8. The largest absolute Gasteiger partial charge is 0.491 e. The highest BCUT2D eigenvalue weighted by Gasteiger charge is 2.54. The molecule has 1 aromatic heterocycles. The number of hydrogen-bond acceptors (Lipinski definition) is 8. The number of anilines is 1. The molecule has 0 spiro atoms. The molecular formula is C27H29N3O6. The summed E-state index contributed by atoms with van der Waals surface area (Å²) < 4.78 is 16.2. The van der Waals surface area contributed by atoms with E-state index < -0.39 is 29.1 Å². The molecule has 0 N–H and O–H groups in total. The Hall–Kier alpha value is -3.85. The molecule has 1 aliphatic rings. The van der Waals surface area contributed by atoms with E-state index in [9.17, 15) is 14.4 Å². The standard InChI is InChI=1S/C27H29N3O6/c1-16-28-25(36-29-16)17-10-12-18(13-11-17)30-22(19-8-6-7-9-20(19)35-15-14-34-5)21(23(31)26(30)33)24(32)27(2,3)4/h6-13,21-22H,14-15H2,1-5H3. The molecule has 0 bridgehead atoms. The van der Waals surface area contributed by atoms with Gasteiger partial charge in [-0.3, -0.25) is 19.3 Å². The van der Waals surface area contributed by atoms with Gasteiger partial charge in [-0.2, -0.15) is 4.98 Å². The summed E-state index contributed by atoms with van der Waals surface area (Å²) >= 11 is 0. The van der Waals surface area contributed by atoms with Crippen LogP contribution in [0, 0.1) is 18.3 Å². The van der Waals surface area contributed by atoms with Gasteiger partial charge in [0.15, 0.2) is 11.6 Å². The second-order valence-corrected chi connectivity index (χ2v) is 9.65. The number of aromatic nitrogens is 2. The molecule has 2 aromatic carbocycles. The summed E-state index contributed by atoms with van der Waals surface area (Å²) in [6.45, 7) is 7.60. The summed E-state index contributed by atoms with van der Waals surface area (Å²) in [6, 6.07) is 13.1. The Kier molecular flexibility index (Phi) is 7.03. The second kappa shape index (κ2) is 10.0. The smallest absolute Gasteiger partial charge is 0.295 e. The first-order chi connectivity index (χ1) is 17.1. The molecule has 9 nitrogen and oxygen atoms in total. The van der Waals surface area contributed by atoms with Crippen LogP contribution in [0.25, 0.3) is 11.5 Å². The Morgan fingerprint density at radius 2 is 1.75 bits per heavy atom. The average molecular weight is 492 g/mol. The minimum absolute atomic E-state index is 0.276. The minimum Gasteiger partial charge on any atom is -0.491 e. The zero-order valence-corrected chi connectivity index (χ0v) is 21.0. The van der Waals surface area contributed by atoms with Crippen LogP contribution in [0.4, 0.5) is 5.69 Å². The molecule has 1 amide bonds. The van der Waals surface area contributed by atoms with Crippen molar-refractivity contribution >= 4 is 23.2 Å². The third-order valence-corrected chi connectivity index (χ3v) is 6.03. The third kappa shape index (κ3) is 4.79. The number of amides is 1. The van der Waals surface area contributed by atoms with Crippen LogP contribution >= 0.6 is 0 Å². The molecule has 1 fully saturated rings. The van der Waals surface area contributed by atoms with E-state index in [1.165, 1.54) is 4.90 Å². The number of carbonyl (C=O) groups is 3. The lowest BCUT2D eigenvalue weighted by molar-refractivity contribution is -0.141. The van der Waals surface area contributed by atoms with Crippen molar-refractivity contribution in [3.05, 3.63) is 59.9 Å². The fourth-order valence-electron chi connectivity index (χ4n) is 4.27. The maximum absolute atomic E-state index is 13.5. The molecule has 2 unspecified atom stereocenters. The zero-order valence-electron chi connectivity index (χ0n) is 21.0. The van der Waals surface area contributed by atoms with Gasteiger partial charge in [0.2, 0.25) is 5.78 Å². The predicted molar refractivity (Wildman–Crippen MR) is 131 cm³/mol. The van der Waals surface area contributed by atoms with E-state index >= 15 is 0 Å². The number of para-hydroxylation sites is 1. The summed E-state index contributed by atoms with van der Waals surface area (Å²) in [5, 5.41) is 3.80. The molecule has 0 aliphatic carbocycles. The molecule has 1 aliphatic heterocycles. The summed E-state index contributed by atoms with van der Waals surface area (Å²) in [7, 11) is 1.57. The van der Waals surface area contributed by atoms with Crippen molar-refractivity contribution in [2.45, 2.75) is 33.7 Å². The number of ketones is 2. The molecule has 188 valence electrons. The van der Waals surface area contributed by atoms with Gasteiger partial charge in [-0.15, -0.1) is 0 Å². The van der Waals surface area contributed by atoms with Gasteiger partial charge < -0.3 is 14.0 Å². The summed E-state index contributed by atoms with van der Waals surface area (Å²) in [5.74, 6) is -1.63. The van der Waals surface area contributed by atoms with Crippen molar-refractivity contribution < 1.29 is 28.4 Å². The first-order valence-corrected chi connectivity index (χ1v) is 11.7. The number of Topliss-reactive ketones (excluding diaryl/α,β-unsaturated/α-hetero) is 2. The van der Waals surface area contributed by atoms with Crippen LogP contribution in [0.5, 0.6) is 5.75 Å². The monoisotopic (exact) mass is 491 g/mol. The number of aryl methyl sites for hydroxylation is 1. The van der Waals surface area contributed by atoms with E-state index in [1.807, 2.05) is 0 Å². The number of ether oxygens (including phenoxy) is 2. The topological polar surface area (TPSA) is 112 Å². The van der Waals surface area contributed by atoms with Gasteiger partial charge in [0.05, 0.1) is 12.6 Å². The van der Waals surface area contributed by atoms with E-state index in [-0.39, 0.29) is 12.4 Å². The van der Waals surface area contributed by atoms with Crippen molar-refractivity contribution in [1.29, 1.82) is 0 Å². The molecule has 3 aromatic rings. The second-order valence-electron chi connectivity index (χ2n) is 9.65. The first-order valence-electron chi connectivity index (χ1n) is 11.7. The minimum atomic E-state index is -1.18. The predicted octanol–water partition coefficient (Wildman–Crippen LogP) is 3.96. The van der Waals surface area contributed by atoms with E-state index in [1.54, 1.807) is 83.3 Å². The quantitative estimate of drug-likeness (QED) is 0.264. The Morgan fingerprint density at radius 1 is 1.06 bits per heavy atom. The zero-order chi connectivity index (χ0) is 26.0. The summed E-state index contributed by atoms with van der Waals surface area (Å²) in [5.41, 5.74) is 0.876. The summed E-state index contributed by atoms with van der Waals surface area (Å²) in [6.07, 6.45) is 0. The number of hydrogen-bond donors (Lipinski definition) is 0. The molecule has 1 saturated heterocycles. The van der Waals surface area contributed by atoms with Crippen molar-refractivity contribution in [2.75, 3.05) is 25.2 Å². The lowest BCUT2D eigenvalue weighted by Crippen LogP contribution is -2.36. The van der Waals surface area contributed by atoms with Gasteiger partial charge in [-0.05, 0) is 37.3 Å². The molecule has 9 heteroatoms. The van der Waals surface area contributed by atoms with E-state index in [4.69, 9.17) is 14.0 Å². The number of benzene rings is 2. The third-order valence-electron chi connectivity index (χ3n) is 6.03. The molecule has 0 radical (unpaired) electrons. The van der Waals surface area contributed by atoms with Crippen LogP contribution in [0.15, 0.2) is 53.1 Å². The number of methoxy groups -OCH3 is 1. The molecule has 2 heterocycles. The molecule has 36 heavy (non-hydrogen) atoms. The maximum atomic E-state index is 13.5. The maximum Gasteiger partial charge on any atom is 0.295 e. The van der Waals surface area contributed by atoms with E-state index in [0.717, 1.165) is 0 Å². The van der Waals surface area contributed by atoms with Crippen molar-refractivity contribution in [1.82, 2.24) is 10.1 Å². The SMILES string of the molecule is COCCOc1ccccc1C1C(C(=O)C(C)(C)C)C(=O)C(=O)N1c1ccc(-c2nc(C)no2)cc1. The first kappa shape index (κ1) is 25.2. The highest BCUT2D eigenvalue weighted by Crippen LogP contribution is 2.45. The van der Waals surface area contributed by atoms with Gasteiger partial charge in [-0.1, -0.05) is 44.1 Å². The lowest BCUT2D eigenvalue weighted by Gasteiger charge is -2.31. The number of carbonyl (C=O) groups excluding carboxylic acids is 3. The fraction of sp³-hybridized carbons (Fsp3) is 0.370. The van der Waals surface area contributed by atoms with Crippen molar-refractivity contribution in [2.24, 2.45) is 11.3 Å². The lowest BCUT2D eigenvalue weighted by atomic mass is 9.77. The van der Waals surface area contributed by atoms with Gasteiger partial charge in [0.1, 0.15) is 18.3 Å². The molecule has 4 rings (SSSR count). The van der Waals surface area contributed by atoms with Crippen LogP contribution < -0.4 is 9.64 Å². The average Bonchev–Trinajstić information content (AvgIpc) is 3.39. The van der Waals surface area contributed by atoms with Gasteiger partial charge in [0, 0.05) is 29.3 Å². The van der Waals surface area contributed by atoms with Crippen molar-refractivity contribution in [3.8, 4) is 17.2 Å². The van der Waals surface area contributed by atoms with Crippen molar-refractivity contribution in [3.63, 3.8) is 0 Å². The Labute approximate surface area is 209 Å². The van der Waals surface area contributed by atoms with E-state index in [0.29, 0.717) is 40.9 Å². The Bertz CT molecular complexity index is 1280. The fourth-order valence-corrected chi connectivity index (χ4v) is 4.27. The van der Waals surface area contributed by atoms with E-state index in [2.05, 4.69) is 10.1 Å². The molecule has 0 saturated carbocycles. The van der Waals surface area contributed by atoms with Crippen LogP contribution in [-0.2, 0) is 19.1 Å². The Balaban J connectivity index is 1.81. The summed E-state index contributed by atoms with van der Waals surface area (Å²) in [4.78, 5) is 45.8. The van der Waals surface area contributed by atoms with Gasteiger partial charge in [-0.25, -0.2) is 0 Å². The van der Waals surface area contributed by atoms with Gasteiger partial charge >= 0.3 is 0 Å². The van der Waals surface area contributed by atoms with Crippen LogP contribution in [0.1, 0.15) is 38.2 Å². The molecule has 2 atom stereocenters. The van der Waals surface area contributed by atoms with Crippen LogP contribution in [-0.4, -0.2) is 47.9 Å². The molecular weight excluding hydrogens is 462 g/mol. The van der Waals surface area contributed by atoms with Gasteiger partial charge in [0.25, 0.3) is 11.8 Å². The Morgan fingerprint density at radius 3 is 2.36 bits per heavy atom. The van der Waals surface area contributed by atoms with Crippen LogP contribution in [0.3, 0.4) is 0 Å². The normalized spacial score (nSPS) is 18.1. The highest BCUT2D eigenvalue weighted by atomic mass is 16.5. The van der Waals surface area contributed by atoms with Crippen LogP contribution in [0.2, 0.25) is 0 Å².